The molecular weight excluding hydrogens is 408 g/mol. The van der Waals surface area contributed by atoms with Gasteiger partial charge in [0.05, 0.1) is 0 Å². The highest BCUT2D eigenvalue weighted by molar-refractivity contribution is 6.14. The number of carbonyl (C=O) groups excluding carboxylic acids is 1. The Hall–Kier alpha value is -3.92. The summed E-state index contributed by atoms with van der Waals surface area (Å²) in [5, 5.41) is 5.40. The van der Waals surface area contributed by atoms with Gasteiger partial charge in [0.25, 0.3) is 5.91 Å². The Labute approximate surface area is 192 Å². The molecule has 0 spiro atoms. The van der Waals surface area contributed by atoms with Gasteiger partial charge in [0.2, 0.25) is 5.89 Å². The SMILES string of the molecule is Cc1cc(C)c2oc(-c3ccc(C)c(NC(=O)c4ccc5c6c(cccc46)CC5)c3)nc2c1. The molecule has 4 nitrogen and oxygen atoms in total. The molecule has 5 aromatic rings. The van der Waals surface area contributed by atoms with Gasteiger partial charge in [0.1, 0.15) is 5.52 Å². The van der Waals surface area contributed by atoms with E-state index in [-0.39, 0.29) is 5.91 Å². The zero-order valence-corrected chi connectivity index (χ0v) is 19.0. The lowest BCUT2D eigenvalue weighted by atomic mass is 9.99. The van der Waals surface area contributed by atoms with Crippen LogP contribution in [-0.4, -0.2) is 10.9 Å². The minimum Gasteiger partial charge on any atom is -0.436 e. The molecule has 1 aliphatic carbocycles. The zero-order valence-electron chi connectivity index (χ0n) is 19.0. The highest BCUT2D eigenvalue weighted by atomic mass is 16.3. The van der Waals surface area contributed by atoms with Crippen molar-refractivity contribution in [2.24, 2.45) is 0 Å². The number of nitrogens with one attached hydrogen (secondary N) is 1. The van der Waals surface area contributed by atoms with E-state index in [1.54, 1.807) is 0 Å². The van der Waals surface area contributed by atoms with Gasteiger partial charge in [0.15, 0.2) is 5.58 Å². The summed E-state index contributed by atoms with van der Waals surface area (Å²) in [7, 11) is 0. The van der Waals surface area contributed by atoms with E-state index in [2.05, 4.69) is 36.5 Å². The molecule has 4 aromatic carbocycles. The molecule has 162 valence electrons. The highest BCUT2D eigenvalue weighted by Gasteiger charge is 2.19. The quantitative estimate of drug-likeness (QED) is 0.336. The van der Waals surface area contributed by atoms with Crippen LogP contribution in [0.4, 0.5) is 5.69 Å². The first-order valence-corrected chi connectivity index (χ1v) is 11.3. The van der Waals surface area contributed by atoms with Crippen molar-refractivity contribution >= 4 is 33.5 Å². The molecule has 4 heteroatoms. The summed E-state index contributed by atoms with van der Waals surface area (Å²) >= 11 is 0. The number of amides is 1. The molecular formula is C29H24N2O2. The molecule has 0 atom stereocenters. The molecule has 6 rings (SSSR count). The van der Waals surface area contributed by atoms with Crippen molar-refractivity contribution in [1.82, 2.24) is 4.98 Å². The number of rotatable bonds is 3. The smallest absolute Gasteiger partial charge is 0.256 e. The highest BCUT2D eigenvalue weighted by Crippen LogP contribution is 2.34. The Morgan fingerprint density at radius 3 is 2.58 bits per heavy atom. The van der Waals surface area contributed by atoms with E-state index in [1.807, 2.05) is 50.2 Å². The third-order valence-electron chi connectivity index (χ3n) is 6.67. The summed E-state index contributed by atoms with van der Waals surface area (Å²) < 4.78 is 6.09. The summed E-state index contributed by atoms with van der Waals surface area (Å²) in [6.45, 7) is 6.08. The van der Waals surface area contributed by atoms with E-state index in [1.165, 1.54) is 16.5 Å². The van der Waals surface area contributed by atoms with E-state index in [0.29, 0.717) is 11.5 Å². The van der Waals surface area contributed by atoms with Crippen molar-refractivity contribution in [1.29, 1.82) is 0 Å². The van der Waals surface area contributed by atoms with Gasteiger partial charge in [-0.25, -0.2) is 4.98 Å². The van der Waals surface area contributed by atoms with Gasteiger partial charge in [-0.05, 0) is 96.5 Å². The van der Waals surface area contributed by atoms with E-state index in [0.717, 1.165) is 57.3 Å². The molecule has 1 amide bonds. The molecule has 1 N–H and O–H groups in total. The lowest BCUT2D eigenvalue weighted by Crippen LogP contribution is -2.13. The van der Waals surface area contributed by atoms with Crippen molar-refractivity contribution in [3.8, 4) is 11.5 Å². The number of oxazole rings is 1. The predicted molar refractivity (Wildman–Crippen MR) is 133 cm³/mol. The van der Waals surface area contributed by atoms with E-state index < -0.39 is 0 Å². The van der Waals surface area contributed by atoms with Crippen LogP contribution >= 0.6 is 0 Å². The van der Waals surface area contributed by atoms with Gasteiger partial charge < -0.3 is 9.73 Å². The molecule has 33 heavy (non-hydrogen) atoms. The Balaban J connectivity index is 1.38. The Bertz CT molecular complexity index is 1580. The molecule has 1 aromatic heterocycles. The average molecular weight is 433 g/mol. The number of hydrogen-bond acceptors (Lipinski definition) is 3. The summed E-state index contributed by atoms with van der Waals surface area (Å²) in [5.41, 5.74) is 9.82. The van der Waals surface area contributed by atoms with Gasteiger partial charge in [-0.2, -0.15) is 0 Å². The molecule has 0 unspecified atom stereocenters. The summed E-state index contributed by atoms with van der Waals surface area (Å²) in [6.07, 6.45) is 2.09. The summed E-state index contributed by atoms with van der Waals surface area (Å²) in [4.78, 5) is 18.0. The van der Waals surface area contributed by atoms with Gasteiger partial charge in [-0.1, -0.05) is 36.4 Å². The summed E-state index contributed by atoms with van der Waals surface area (Å²) in [6, 6.07) is 20.4. The third kappa shape index (κ3) is 3.21. The average Bonchev–Trinajstić information content (AvgIpc) is 3.41. The fourth-order valence-corrected chi connectivity index (χ4v) is 5.02. The topological polar surface area (TPSA) is 55.1 Å². The van der Waals surface area contributed by atoms with Gasteiger partial charge >= 0.3 is 0 Å². The fourth-order valence-electron chi connectivity index (χ4n) is 5.02. The zero-order chi connectivity index (χ0) is 22.7. The van der Waals surface area contributed by atoms with E-state index >= 15 is 0 Å². The second kappa shape index (κ2) is 7.31. The molecule has 0 saturated carbocycles. The van der Waals surface area contributed by atoms with Gasteiger partial charge in [-0.15, -0.1) is 0 Å². The van der Waals surface area contributed by atoms with Crippen molar-refractivity contribution in [2.75, 3.05) is 5.32 Å². The van der Waals surface area contributed by atoms with Gasteiger partial charge in [-0.3, -0.25) is 4.79 Å². The second-order valence-electron chi connectivity index (χ2n) is 9.04. The lowest BCUT2D eigenvalue weighted by Gasteiger charge is -2.12. The standard InChI is InChI=1S/C29H24N2O2/c1-16-13-18(3)27-25(14-16)31-29(33-27)21-8-7-17(2)24(15-21)30-28(32)23-12-11-20-10-9-19-5-4-6-22(23)26(19)20/h4-8,11-15H,9-10H2,1-3H3,(H,30,32). The van der Waals surface area contributed by atoms with Crippen molar-refractivity contribution < 1.29 is 9.21 Å². The predicted octanol–water partition coefficient (Wildman–Crippen LogP) is 6.92. The van der Waals surface area contributed by atoms with Crippen LogP contribution in [0.3, 0.4) is 0 Å². The molecule has 0 fully saturated rings. The number of hydrogen-bond donors (Lipinski definition) is 1. The maximum atomic E-state index is 13.3. The van der Waals surface area contributed by atoms with Gasteiger partial charge in [0, 0.05) is 16.8 Å². The number of aromatic nitrogens is 1. The Morgan fingerprint density at radius 1 is 0.909 bits per heavy atom. The monoisotopic (exact) mass is 432 g/mol. The lowest BCUT2D eigenvalue weighted by molar-refractivity contribution is 0.102. The normalized spacial score (nSPS) is 12.6. The fraction of sp³-hybridized carbons (Fsp3) is 0.172. The van der Waals surface area contributed by atoms with Crippen LogP contribution in [0.2, 0.25) is 0 Å². The van der Waals surface area contributed by atoms with Crippen LogP contribution < -0.4 is 5.32 Å². The number of anilines is 1. The van der Waals surface area contributed by atoms with Crippen LogP contribution in [0.25, 0.3) is 33.3 Å². The first-order valence-electron chi connectivity index (χ1n) is 11.3. The maximum Gasteiger partial charge on any atom is 0.256 e. The number of nitrogens with zero attached hydrogens (tertiary/aromatic N) is 1. The van der Waals surface area contributed by atoms with Crippen molar-refractivity contribution in [3.63, 3.8) is 0 Å². The Morgan fingerprint density at radius 2 is 1.73 bits per heavy atom. The molecule has 1 heterocycles. The van der Waals surface area contributed by atoms with Crippen molar-refractivity contribution in [2.45, 2.75) is 33.6 Å². The van der Waals surface area contributed by atoms with Crippen LogP contribution in [0, 0.1) is 20.8 Å². The summed E-state index contributed by atoms with van der Waals surface area (Å²) in [5.74, 6) is 0.453. The van der Waals surface area contributed by atoms with Crippen LogP contribution in [0.5, 0.6) is 0 Å². The van der Waals surface area contributed by atoms with Crippen LogP contribution in [0.15, 0.2) is 65.1 Å². The first-order chi connectivity index (χ1) is 16.0. The number of benzene rings is 4. The number of fused-ring (bicyclic) bond motifs is 1. The van der Waals surface area contributed by atoms with Crippen LogP contribution in [0.1, 0.15) is 38.2 Å². The molecule has 0 aliphatic heterocycles. The second-order valence-corrected chi connectivity index (χ2v) is 9.04. The van der Waals surface area contributed by atoms with Crippen LogP contribution in [-0.2, 0) is 12.8 Å². The molecule has 0 bridgehead atoms. The van der Waals surface area contributed by atoms with E-state index in [9.17, 15) is 4.79 Å². The minimum absolute atomic E-state index is 0.102. The Kier molecular flexibility index (Phi) is 4.37. The van der Waals surface area contributed by atoms with E-state index in [4.69, 9.17) is 9.40 Å². The van der Waals surface area contributed by atoms with Crippen molar-refractivity contribution in [3.05, 3.63) is 94.0 Å². The molecule has 1 aliphatic rings. The minimum atomic E-state index is -0.102. The maximum absolute atomic E-state index is 13.3. The first kappa shape index (κ1) is 19.7. The number of aryl methyl sites for hydroxylation is 5. The number of carbonyl (C=O) groups is 1. The molecule has 0 radical (unpaired) electrons. The largest absolute Gasteiger partial charge is 0.436 e. The molecule has 0 saturated heterocycles. The third-order valence-corrected chi connectivity index (χ3v) is 6.67.